The highest BCUT2D eigenvalue weighted by molar-refractivity contribution is 6.30. The standard InChI is InChI=1S/C18H20ClN3O2/c19-15-4-6-17(7-5-15)21-9-11-22(12-10-21)18(13-23)24-14-16-3-1-2-8-20-16/h1-8,13,18H,9-12,14H2. The molecule has 1 aliphatic heterocycles. The minimum Gasteiger partial charge on any atom is -0.369 e. The highest BCUT2D eigenvalue weighted by atomic mass is 35.5. The van der Waals surface area contributed by atoms with E-state index in [2.05, 4.69) is 14.8 Å². The quantitative estimate of drug-likeness (QED) is 0.753. The molecule has 6 heteroatoms. The van der Waals surface area contributed by atoms with Crippen LogP contribution >= 0.6 is 11.6 Å². The fourth-order valence-electron chi connectivity index (χ4n) is 2.77. The molecule has 0 spiro atoms. The molecule has 0 N–H and O–H groups in total. The Balaban J connectivity index is 1.52. The van der Waals surface area contributed by atoms with Crippen molar-refractivity contribution in [1.82, 2.24) is 9.88 Å². The maximum Gasteiger partial charge on any atom is 0.167 e. The summed E-state index contributed by atoms with van der Waals surface area (Å²) in [6.07, 6.45) is 2.06. The lowest BCUT2D eigenvalue weighted by molar-refractivity contribution is -0.133. The zero-order valence-electron chi connectivity index (χ0n) is 13.3. The van der Waals surface area contributed by atoms with Gasteiger partial charge in [0.2, 0.25) is 0 Å². The molecule has 1 aromatic heterocycles. The average molecular weight is 346 g/mol. The maximum atomic E-state index is 11.4. The monoisotopic (exact) mass is 345 g/mol. The van der Waals surface area contributed by atoms with Crippen LogP contribution in [0.15, 0.2) is 48.7 Å². The molecule has 1 unspecified atom stereocenters. The Morgan fingerprint density at radius 3 is 2.50 bits per heavy atom. The number of hydrogen-bond donors (Lipinski definition) is 0. The number of anilines is 1. The molecule has 5 nitrogen and oxygen atoms in total. The highest BCUT2D eigenvalue weighted by Gasteiger charge is 2.24. The molecule has 3 rings (SSSR count). The molecule has 24 heavy (non-hydrogen) atoms. The van der Waals surface area contributed by atoms with Gasteiger partial charge in [0.25, 0.3) is 0 Å². The van der Waals surface area contributed by atoms with Crippen molar-refractivity contribution in [2.45, 2.75) is 12.8 Å². The van der Waals surface area contributed by atoms with Gasteiger partial charge in [0.1, 0.15) is 0 Å². The lowest BCUT2D eigenvalue weighted by Gasteiger charge is -2.38. The van der Waals surface area contributed by atoms with Gasteiger partial charge in [0.15, 0.2) is 12.5 Å². The third kappa shape index (κ3) is 4.32. The highest BCUT2D eigenvalue weighted by Crippen LogP contribution is 2.20. The molecular weight excluding hydrogens is 326 g/mol. The molecule has 0 saturated carbocycles. The maximum absolute atomic E-state index is 11.4. The summed E-state index contributed by atoms with van der Waals surface area (Å²) in [5.41, 5.74) is 1.97. The first-order chi connectivity index (χ1) is 11.8. The summed E-state index contributed by atoms with van der Waals surface area (Å²) in [5, 5.41) is 0.737. The van der Waals surface area contributed by atoms with Crippen molar-refractivity contribution in [3.63, 3.8) is 0 Å². The van der Waals surface area contributed by atoms with Crippen molar-refractivity contribution in [3.05, 3.63) is 59.4 Å². The lowest BCUT2D eigenvalue weighted by atomic mass is 10.2. The molecular formula is C18H20ClN3O2. The van der Waals surface area contributed by atoms with Gasteiger partial charge in [-0.2, -0.15) is 0 Å². The number of rotatable bonds is 6. The Hall–Kier alpha value is -1.95. The van der Waals surface area contributed by atoms with Gasteiger partial charge in [0.05, 0.1) is 12.3 Å². The van der Waals surface area contributed by atoms with Crippen LogP contribution in [0.3, 0.4) is 0 Å². The first kappa shape index (κ1) is 16.9. The third-order valence-electron chi connectivity index (χ3n) is 4.11. The van der Waals surface area contributed by atoms with Crippen molar-refractivity contribution in [3.8, 4) is 0 Å². The smallest absolute Gasteiger partial charge is 0.167 e. The van der Waals surface area contributed by atoms with Crippen LogP contribution in [0.2, 0.25) is 5.02 Å². The summed E-state index contributed by atoms with van der Waals surface area (Å²) in [6.45, 7) is 3.57. The van der Waals surface area contributed by atoms with Gasteiger partial charge in [0, 0.05) is 43.1 Å². The summed E-state index contributed by atoms with van der Waals surface area (Å²) in [4.78, 5) is 20.0. The zero-order valence-corrected chi connectivity index (χ0v) is 14.1. The second-order valence-electron chi connectivity index (χ2n) is 5.66. The summed E-state index contributed by atoms with van der Waals surface area (Å²) in [5.74, 6) is 0. The molecule has 1 aliphatic rings. The van der Waals surface area contributed by atoms with E-state index in [1.807, 2.05) is 42.5 Å². The molecule has 1 fully saturated rings. The molecule has 2 heterocycles. The second-order valence-corrected chi connectivity index (χ2v) is 6.09. The van der Waals surface area contributed by atoms with Crippen molar-refractivity contribution in [1.29, 1.82) is 0 Å². The topological polar surface area (TPSA) is 45.7 Å². The van der Waals surface area contributed by atoms with E-state index in [1.165, 1.54) is 0 Å². The molecule has 0 aliphatic carbocycles. The second kappa shape index (κ2) is 8.24. The number of benzene rings is 1. The lowest BCUT2D eigenvalue weighted by Crippen LogP contribution is -2.51. The van der Waals surface area contributed by atoms with Gasteiger partial charge < -0.3 is 9.64 Å². The van der Waals surface area contributed by atoms with Crippen LogP contribution in [0.5, 0.6) is 0 Å². The number of ether oxygens (including phenoxy) is 1. The van der Waals surface area contributed by atoms with Crippen molar-refractivity contribution >= 4 is 23.6 Å². The Morgan fingerprint density at radius 2 is 1.88 bits per heavy atom. The summed E-state index contributed by atoms with van der Waals surface area (Å²) < 4.78 is 5.73. The van der Waals surface area contributed by atoms with Crippen LogP contribution in [-0.2, 0) is 16.1 Å². The number of pyridine rings is 1. The molecule has 0 amide bonds. The van der Waals surface area contributed by atoms with Gasteiger partial charge in [-0.25, -0.2) is 0 Å². The zero-order chi connectivity index (χ0) is 16.8. The number of aldehydes is 1. The molecule has 2 aromatic rings. The number of piperazine rings is 1. The fraction of sp³-hybridized carbons (Fsp3) is 0.333. The van der Waals surface area contributed by atoms with Gasteiger partial charge in [-0.3, -0.25) is 14.7 Å². The largest absolute Gasteiger partial charge is 0.369 e. The fourth-order valence-corrected chi connectivity index (χ4v) is 2.90. The van der Waals surface area contributed by atoms with Gasteiger partial charge >= 0.3 is 0 Å². The number of aromatic nitrogens is 1. The van der Waals surface area contributed by atoms with E-state index in [9.17, 15) is 4.79 Å². The summed E-state index contributed by atoms with van der Waals surface area (Å²) in [7, 11) is 0. The van der Waals surface area contributed by atoms with E-state index in [-0.39, 0.29) is 0 Å². The van der Waals surface area contributed by atoms with E-state index >= 15 is 0 Å². The van der Waals surface area contributed by atoms with Crippen molar-refractivity contribution < 1.29 is 9.53 Å². The predicted molar refractivity (Wildman–Crippen MR) is 94.1 cm³/mol. The normalized spacial score (nSPS) is 16.8. The Bertz CT molecular complexity index is 643. The molecule has 0 radical (unpaired) electrons. The Kier molecular flexibility index (Phi) is 5.80. The molecule has 1 saturated heterocycles. The SMILES string of the molecule is O=CC(OCc1ccccn1)N1CCN(c2ccc(Cl)cc2)CC1. The Labute approximate surface area is 146 Å². The van der Waals surface area contributed by atoms with Crippen molar-refractivity contribution in [2.75, 3.05) is 31.1 Å². The third-order valence-corrected chi connectivity index (χ3v) is 4.36. The van der Waals surface area contributed by atoms with Gasteiger partial charge in [-0.1, -0.05) is 17.7 Å². The predicted octanol–water partition coefficient (Wildman–Crippen LogP) is 2.60. The molecule has 126 valence electrons. The minimum atomic E-state index is -0.528. The van der Waals surface area contributed by atoms with E-state index < -0.39 is 6.23 Å². The minimum absolute atomic E-state index is 0.335. The van der Waals surface area contributed by atoms with Crippen LogP contribution in [0, 0.1) is 0 Å². The van der Waals surface area contributed by atoms with E-state index in [4.69, 9.17) is 16.3 Å². The first-order valence-electron chi connectivity index (χ1n) is 7.97. The van der Waals surface area contributed by atoms with Crippen molar-refractivity contribution in [2.24, 2.45) is 0 Å². The van der Waals surface area contributed by atoms with Crippen LogP contribution < -0.4 is 4.90 Å². The van der Waals surface area contributed by atoms with Crippen LogP contribution in [0.4, 0.5) is 5.69 Å². The Morgan fingerprint density at radius 1 is 1.12 bits per heavy atom. The average Bonchev–Trinajstić information content (AvgIpc) is 2.64. The summed E-state index contributed by atoms with van der Waals surface area (Å²) >= 11 is 5.93. The van der Waals surface area contributed by atoms with Crippen LogP contribution in [0.1, 0.15) is 5.69 Å². The number of carbonyl (C=O) groups is 1. The van der Waals surface area contributed by atoms with Crippen LogP contribution in [-0.4, -0.2) is 48.6 Å². The van der Waals surface area contributed by atoms with E-state index in [1.54, 1.807) is 6.20 Å². The summed E-state index contributed by atoms with van der Waals surface area (Å²) in [6, 6.07) is 13.5. The molecule has 0 bridgehead atoms. The van der Waals surface area contributed by atoms with E-state index in [0.717, 1.165) is 48.9 Å². The van der Waals surface area contributed by atoms with Gasteiger partial charge in [-0.15, -0.1) is 0 Å². The van der Waals surface area contributed by atoms with Crippen LogP contribution in [0.25, 0.3) is 0 Å². The number of halogens is 1. The molecule has 1 atom stereocenters. The number of carbonyl (C=O) groups excluding carboxylic acids is 1. The molecule has 1 aromatic carbocycles. The van der Waals surface area contributed by atoms with E-state index in [0.29, 0.717) is 6.61 Å². The number of hydrogen-bond acceptors (Lipinski definition) is 5. The first-order valence-corrected chi connectivity index (χ1v) is 8.35. The van der Waals surface area contributed by atoms with Gasteiger partial charge in [-0.05, 0) is 36.4 Å². The number of nitrogens with zero attached hydrogens (tertiary/aromatic N) is 3.